The van der Waals surface area contributed by atoms with Crippen LogP contribution in [0.4, 0.5) is 11.4 Å². The molecule has 1 aliphatic heterocycles. The van der Waals surface area contributed by atoms with Gasteiger partial charge in [0.1, 0.15) is 5.75 Å². The molecule has 1 unspecified atom stereocenters. The molecule has 1 aliphatic rings. The number of nitrogens with one attached hydrogen (secondary N) is 1. The molecule has 0 aliphatic carbocycles. The number of anilines is 2. The summed E-state index contributed by atoms with van der Waals surface area (Å²) in [6, 6.07) is 14.2. The molecule has 0 saturated carbocycles. The Labute approximate surface area is 206 Å². The van der Waals surface area contributed by atoms with E-state index in [4.69, 9.17) is 9.47 Å². The fraction of sp³-hybridized carbons (Fsp3) is 0.407. The number of rotatable bonds is 7. The number of aromatic nitrogens is 1. The molecule has 1 fully saturated rings. The minimum absolute atomic E-state index is 0.144. The lowest BCUT2D eigenvalue weighted by atomic mass is 10.1. The Morgan fingerprint density at radius 2 is 1.86 bits per heavy atom. The van der Waals surface area contributed by atoms with E-state index in [2.05, 4.69) is 34.2 Å². The van der Waals surface area contributed by atoms with Crippen LogP contribution in [0.1, 0.15) is 29.9 Å². The standard InChI is InChI=1S/C27H34N4O4/c1-6-35-27(33)26-25(22-15-18(2)7-12-23(22)29(26)4)28-24(32)17-30-13-14-31(16-19(30)3)20-8-10-21(34-5)11-9-20/h7-12,15,19H,6,13-14,16-17H2,1-5H3,(H,28,32). The molecule has 186 valence electrons. The van der Waals surface area contributed by atoms with Crippen molar-refractivity contribution >= 4 is 34.2 Å². The highest BCUT2D eigenvalue weighted by Crippen LogP contribution is 2.32. The lowest BCUT2D eigenvalue weighted by molar-refractivity contribution is -0.117. The number of piperazine rings is 1. The molecule has 1 aromatic heterocycles. The highest BCUT2D eigenvalue weighted by Gasteiger charge is 2.28. The van der Waals surface area contributed by atoms with Gasteiger partial charge >= 0.3 is 5.97 Å². The molecule has 0 bridgehead atoms. The van der Waals surface area contributed by atoms with E-state index in [1.165, 1.54) is 0 Å². The number of ether oxygens (including phenoxy) is 2. The Balaban J connectivity index is 1.48. The second-order valence-electron chi connectivity index (χ2n) is 9.04. The fourth-order valence-corrected chi connectivity index (χ4v) is 4.74. The van der Waals surface area contributed by atoms with E-state index in [9.17, 15) is 9.59 Å². The van der Waals surface area contributed by atoms with Crippen LogP contribution in [0.15, 0.2) is 42.5 Å². The quantitative estimate of drug-likeness (QED) is 0.521. The maximum absolute atomic E-state index is 13.2. The number of esters is 1. The number of carbonyl (C=O) groups excluding carboxylic acids is 2. The summed E-state index contributed by atoms with van der Waals surface area (Å²) in [6.07, 6.45) is 0. The van der Waals surface area contributed by atoms with Crippen molar-refractivity contribution < 1.29 is 19.1 Å². The number of methoxy groups -OCH3 is 1. The highest BCUT2D eigenvalue weighted by molar-refractivity contribution is 6.11. The van der Waals surface area contributed by atoms with Crippen molar-refractivity contribution in [3.63, 3.8) is 0 Å². The first kappa shape index (κ1) is 24.6. The number of nitrogens with zero attached hydrogens (tertiary/aromatic N) is 3. The van der Waals surface area contributed by atoms with Gasteiger partial charge in [-0.3, -0.25) is 9.69 Å². The van der Waals surface area contributed by atoms with E-state index in [0.717, 1.165) is 47.5 Å². The van der Waals surface area contributed by atoms with Crippen molar-refractivity contribution in [2.24, 2.45) is 7.05 Å². The second kappa shape index (κ2) is 10.4. The summed E-state index contributed by atoms with van der Waals surface area (Å²) in [6.45, 7) is 8.83. The lowest BCUT2D eigenvalue weighted by Gasteiger charge is -2.40. The van der Waals surface area contributed by atoms with Gasteiger partial charge < -0.3 is 24.3 Å². The summed E-state index contributed by atoms with van der Waals surface area (Å²) < 4.78 is 12.3. The van der Waals surface area contributed by atoms with Gasteiger partial charge in [0.2, 0.25) is 5.91 Å². The first-order valence-corrected chi connectivity index (χ1v) is 12.0. The SMILES string of the molecule is CCOC(=O)c1c(NC(=O)CN2CCN(c3ccc(OC)cc3)CC2C)c2cc(C)ccc2n1C. The summed E-state index contributed by atoms with van der Waals surface area (Å²) in [5.74, 6) is 0.248. The summed E-state index contributed by atoms with van der Waals surface area (Å²) >= 11 is 0. The van der Waals surface area contributed by atoms with Crippen molar-refractivity contribution in [1.82, 2.24) is 9.47 Å². The predicted octanol–water partition coefficient (Wildman–Crippen LogP) is 3.82. The highest BCUT2D eigenvalue weighted by atomic mass is 16.5. The second-order valence-corrected chi connectivity index (χ2v) is 9.04. The first-order valence-electron chi connectivity index (χ1n) is 12.0. The van der Waals surface area contributed by atoms with Gasteiger partial charge in [-0.2, -0.15) is 0 Å². The molecule has 3 aromatic rings. The Hall–Kier alpha value is -3.52. The van der Waals surface area contributed by atoms with Gasteiger partial charge in [-0.05, 0) is 57.2 Å². The molecule has 1 saturated heterocycles. The fourth-order valence-electron chi connectivity index (χ4n) is 4.74. The van der Waals surface area contributed by atoms with Crippen molar-refractivity contribution in [1.29, 1.82) is 0 Å². The Morgan fingerprint density at radius 3 is 2.51 bits per heavy atom. The zero-order valence-electron chi connectivity index (χ0n) is 21.1. The summed E-state index contributed by atoms with van der Waals surface area (Å²) in [7, 11) is 3.48. The maximum Gasteiger partial charge on any atom is 0.357 e. The number of aryl methyl sites for hydroxylation is 2. The van der Waals surface area contributed by atoms with Gasteiger partial charge in [0, 0.05) is 43.8 Å². The molecule has 4 rings (SSSR count). The number of hydrogen-bond donors (Lipinski definition) is 1. The first-order chi connectivity index (χ1) is 16.8. The molecule has 2 aromatic carbocycles. The van der Waals surface area contributed by atoms with E-state index in [1.54, 1.807) is 18.6 Å². The topological polar surface area (TPSA) is 76.0 Å². The van der Waals surface area contributed by atoms with E-state index < -0.39 is 5.97 Å². The Morgan fingerprint density at radius 1 is 1.11 bits per heavy atom. The molecular weight excluding hydrogens is 444 g/mol. The zero-order chi connectivity index (χ0) is 25.1. The van der Waals surface area contributed by atoms with Gasteiger partial charge in [0.15, 0.2) is 5.69 Å². The molecular formula is C27H34N4O4. The number of carbonyl (C=O) groups is 2. The van der Waals surface area contributed by atoms with Crippen LogP contribution in [0.25, 0.3) is 10.9 Å². The Kier molecular flexibility index (Phi) is 7.31. The smallest absolute Gasteiger partial charge is 0.357 e. The monoisotopic (exact) mass is 478 g/mol. The molecule has 1 N–H and O–H groups in total. The molecule has 0 spiro atoms. The van der Waals surface area contributed by atoms with Crippen LogP contribution >= 0.6 is 0 Å². The van der Waals surface area contributed by atoms with Crippen molar-refractivity contribution in [3.05, 3.63) is 53.7 Å². The third-order valence-electron chi connectivity index (χ3n) is 6.64. The minimum atomic E-state index is -0.444. The van der Waals surface area contributed by atoms with Crippen LogP contribution in [0.5, 0.6) is 5.75 Å². The van der Waals surface area contributed by atoms with Gasteiger partial charge in [0.25, 0.3) is 0 Å². The van der Waals surface area contributed by atoms with Crippen LogP contribution in [-0.4, -0.2) is 67.3 Å². The number of hydrogen-bond acceptors (Lipinski definition) is 6. The van der Waals surface area contributed by atoms with Gasteiger partial charge in [0.05, 0.1) is 31.5 Å². The number of amides is 1. The summed E-state index contributed by atoms with van der Waals surface area (Å²) in [4.78, 5) is 30.4. The van der Waals surface area contributed by atoms with E-state index in [1.807, 2.05) is 44.3 Å². The van der Waals surface area contributed by atoms with Crippen LogP contribution in [0.3, 0.4) is 0 Å². The molecule has 8 heteroatoms. The van der Waals surface area contributed by atoms with Crippen LogP contribution in [-0.2, 0) is 16.6 Å². The van der Waals surface area contributed by atoms with Crippen LogP contribution < -0.4 is 15.0 Å². The molecule has 1 atom stereocenters. The van der Waals surface area contributed by atoms with Crippen LogP contribution in [0, 0.1) is 6.92 Å². The van der Waals surface area contributed by atoms with E-state index >= 15 is 0 Å². The maximum atomic E-state index is 13.2. The van der Waals surface area contributed by atoms with E-state index in [-0.39, 0.29) is 25.1 Å². The number of benzene rings is 2. The molecule has 35 heavy (non-hydrogen) atoms. The molecule has 1 amide bonds. The van der Waals surface area contributed by atoms with Gasteiger partial charge in [-0.1, -0.05) is 11.6 Å². The summed E-state index contributed by atoms with van der Waals surface area (Å²) in [5, 5.41) is 3.87. The average Bonchev–Trinajstić information content (AvgIpc) is 3.11. The third kappa shape index (κ3) is 5.12. The average molecular weight is 479 g/mol. The van der Waals surface area contributed by atoms with Crippen molar-refractivity contribution in [2.45, 2.75) is 26.8 Å². The molecule has 8 nitrogen and oxygen atoms in total. The van der Waals surface area contributed by atoms with Crippen molar-refractivity contribution in [2.75, 3.05) is 50.1 Å². The predicted molar refractivity (Wildman–Crippen MR) is 138 cm³/mol. The molecule has 2 heterocycles. The summed E-state index contributed by atoms with van der Waals surface area (Å²) in [5.41, 5.74) is 3.94. The largest absolute Gasteiger partial charge is 0.497 e. The normalized spacial score (nSPS) is 16.4. The van der Waals surface area contributed by atoms with Crippen molar-refractivity contribution in [3.8, 4) is 5.75 Å². The van der Waals surface area contributed by atoms with Crippen LogP contribution in [0.2, 0.25) is 0 Å². The van der Waals surface area contributed by atoms with Gasteiger partial charge in [-0.15, -0.1) is 0 Å². The lowest BCUT2D eigenvalue weighted by Crippen LogP contribution is -2.53. The third-order valence-corrected chi connectivity index (χ3v) is 6.64. The Bertz CT molecular complexity index is 1220. The van der Waals surface area contributed by atoms with Gasteiger partial charge in [-0.25, -0.2) is 4.79 Å². The molecule has 0 radical (unpaired) electrons. The number of fused-ring (bicyclic) bond motifs is 1. The minimum Gasteiger partial charge on any atom is -0.497 e. The zero-order valence-corrected chi connectivity index (χ0v) is 21.1. The van der Waals surface area contributed by atoms with E-state index in [0.29, 0.717) is 11.4 Å².